The van der Waals surface area contributed by atoms with E-state index in [1.54, 1.807) is 48.5 Å². The van der Waals surface area contributed by atoms with Gasteiger partial charge in [0.1, 0.15) is 18.2 Å². The van der Waals surface area contributed by atoms with E-state index in [1.165, 1.54) is 10.4 Å². The van der Waals surface area contributed by atoms with Crippen LogP contribution in [0.1, 0.15) is 34.0 Å². The van der Waals surface area contributed by atoms with Gasteiger partial charge < -0.3 is 10.1 Å². The Bertz CT molecular complexity index is 1260. The molecule has 1 N–H and O–H groups in total. The number of sulfonamides is 1. The van der Waals surface area contributed by atoms with Gasteiger partial charge in [0.25, 0.3) is 5.91 Å². The van der Waals surface area contributed by atoms with Gasteiger partial charge in [-0.25, -0.2) is 12.8 Å². The van der Waals surface area contributed by atoms with E-state index >= 15 is 0 Å². The SMILES string of the molecule is CCc1ccc(S(=O)(=O)N2CCOc3ccc(C(=O)NCc4ccccc4F)cc3C2)cc1. The van der Waals surface area contributed by atoms with Crippen LogP contribution < -0.4 is 10.1 Å². The molecule has 3 aromatic carbocycles. The maximum absolute atomic E-state index is 13.8. The first-order chi connectivity index (χ1) is 15.9. The van der Waals surface area contributed by atoms with Crippen molar-refractivity contribution < 1.29 is 22.3 Å². The molecule has 1 aliphatic heterocycles. The fourth-order valence-corrected chi connectivity index (χ4v) is 5.08. The van der Waals surface area contributed by atoms with E-state index in [4.69, 9.17) is 4.74 Å². The molecule has 6 nitrogen and oxygen atoms in total. The molecule has 0 aliphatic carbocycles. The van der Waals surface area contributed by atoms with Crippen LogP contribution in [0.5, 0.6) is 5.75 Å². The Morgan fingerprint density at radius 2 is 1.85 bits per heavy atom. The zero-order valence-corrected chi connectivity index (χ0v) is 19.1. The van der Waals surface area contributed by atoms with Crippen LogP contribution in [0.3, 0.4) is 0 Å². The molecule has 0 aromatic heterocycles. The zero-order chi connectivity index (χ0) is 23.4. The number of fused-ring (bicyclic) bond motifs is 1. The number of carbonyl (C=O) groups excluding carboxylic acids is 1. The molecule has 0 bridgehead atoms. The van der Waals surface area contributed by atoms with Crippen molar-refractivity contribution in [2.24, 2.45) is 0 Å². The molecular weight excluding hydrogens is 443 g/mol. The lowest BCUT2D eigenvalue weighted by Gasteiger charge is -2.20. The van der Waals surface area contributed by atoms with Crippen molar-refractivity contribution in [3.63, 3.8) is 0 Å². The molecule has 0 saturated carbocycles. The Morgan fingerprint density at radius 1 is 1.09 bits per heavy atom. The second-order valence-corrected chi connectivity index (χ2v) is 9.72. The Morgan fingerprint density at radius 3 is 2.58 bits per heavy atom. The van der Waals surface area contributed by atoms with E-state index in [1.807, 2.05) is 19.1 Å². The van der Waals surface area contributed by atoms with Gasteiger partial charge in [0, 0.05) is 36.3 Å². The highest BCUT2D eigenvalue weighted by molar-refractivity contribution is 7.89. The zero-order valence-electron chi connectivity index (χ0n) is 18.3. The van der Waals surface area contributed by atoms with Gasteiger partial charge in [0.2, 0.25) is 10.0 Å². The number of ether oxygens (including phenoxy) is 1. The molecule has 0 saturated heterocycles. The third kappa shape index (κ3) is 5.07. The smallest absolute Gasteiger partial charge is 0.251 e. The average Bonchev–Trinajstić information content (AvgIpc) is 3.06. The van der Waals surface area contributed by atoms with Crippen LogP contribution in [0.2, 0.25) is 0 Å². The molecule has 0 unspecified atom stereocenters. The monoisotopic (exact) mass is 468 g/mol. The molecule has 0 radical (unpaired) electrons. The standard InChI is InChI=1S/C25H25FN2O4S/c1-2-18-7-10-22(11-8-18)33(30,31)28-13-14-32-24-12-9-19(15-21(24)17-28)25(29)27-16-20-5-3-4-6-23(20)26/h3-12,15H,2,13-14,16-17H2,1H3,(H,27,29). The number of carbonyl (C=O) groups is 1. The number of rotatable bonds is 6. The van der Waals surface area contributed by atoms with E-state index < -0.39 is 10.0 Å². The average molecular weight is 469 g/mol. The summed E-state index contributed by atoms with van der Waals surface area (Å²) in [5.41, 5.74) is 2.39. The van der Waals surface area contributed by atoms with Crippen LogP contribution >= 0.6 is 0 Å². The number of hydrogen-bond acceptors (Lipinski definition) is 4. The molecule has 172 valence electrons. The quantitative estimate of drug-likeness (QED) is 0.595. The minimum Gasteiger partial charge on any atom is -0.492 e. The summed E-state index contributed by atoms with van der Waals surface area (Å²) in [5.74, 6) is -0.226. The largest absolute Gasteiger partial charge is 0.492 e. The van der Waals surface area contributed by atoms with E-state index in [9.17, 15) is 17.6 Å². The summed E-state index contributed by atoms with van der Waals surface area (Å²) in [7, 11) is -3.73. The molecule has 1 amide bonds. The molecule has 1 heterocycles. The van der Waals surface area contributed by atoms with Gasteiger partial charge in [-0.05, 0) is 48.4 Å². The number of amides is 1. The minimum atomic E-state index is -3.73. The van der Waals surface area contributed by atoms with Crippen LogP contribution in [0.25, 0.3) is 0 Å². The van der Waals surface area contributed by atoms with Gasteiger partial charge in [0.15, 0.2) is 0 Å². The van der Waals surface area contributed by atoms with E-state index in [2.05, 4.69) is 5.32 Å². The molecule has 0 atom stereocenters. The Balaban J connectivity index is 1.53. The van der Waals surface area contributed by atoms with E-state index in [0.29, 0.717) is 22.4 Å². The van der Waals surface area contributed by atoms with Gasteiger partial charge in [-0.2, -0.15) is 4.31 Å². The predicted octanol–water partition coefficient (Wildman–Crippen LogP) is 3.90. The molecule has 33 heavy (non-hydrogen) atoms. The Kier molecular flexibility index (Phi) is 6.76. The molecule has 0 fully saturated rings. The highest BCUT2D eigenvalue weighted by atomic mass is 32.2. The maximum atomic E-state index is 13.8. The number of hydrogen-bond donors (Lipinski definition) is 1. The van der Waals surface area contributed by atoms with Crippen molar-refractivity contribution in [2.45, 2.75) is 31.3 Å². The summed E-state index contributed by atoms with van der Waals surface area (Å²) >= 11 is 0. The third-order valence-corrected chi connectivity index (χ3v) is 7.49. The molecular formula is C25H25FN2O4S. The van der Waals surface area contributed by atoms with Crippen LogP contribution in [0, 0.1) is 5.82 Å². The molecule has 4 rings (SSSR count). The lowest BCUT2D eigenvalue weighted by Crippen LogP contribution is -2.32. The molecule has 8 heteroatoms. The third-order valence-electron chi connectivity index (χ3n) is 5.63. The van der Waals surface area contributed by atoms with Gasteiger partial charge in [-0.3, -0.25) is 4.79 Å². The van der Waals surface area contributed by atoms with Crippen LogP contribution in [-0.4, -0.2) is 31.8 Å². The first kappa shape index (κ1) is 22.9. The summed E-state index contributed by atoms with van der Waals surface area (Å²) in [5, 5.41) is 2.70. The topological polar surface area (TPSA) is 75.7 Å². The summed E-state index contributed by atoms with van der Waals surface area (Å²) < 4.78 is 47.4. The van der Waals surface area contributed by atoms with E-state index in [0.717, 1.165) is 12.0 Å². The van der Waals surface area contributed by atoms with Crippen molar-refractivity contribution in [3.8, 4) is 5.75 Å². The van der Waals surface area contributed by atoms with Gasteiger partial charge in [0.05, 0.1) is 4.90 Å². The van der Waals surface area contributed by atoms with Crippen molar-refractivity contribution in [3.05, 3.63) is 94.8 Å². The second-order valence-electron chi connectivity index (χ2n) is 7.78. The number of nitrogens with one attached hydrogen (secondary N) is 1. The van der Waals surface area contributed by atoms with Crippen LogP contribution in [0.4, 0.5) is 4.39 Å². The summed E-state index contributed by atoms with van der Waals surface area (Å²) in [6.07, 6.45) is 0.826. The van der Waals surface area contributed by atoms with E-state index in [-0.39, 0.29) is 42.9 Å². The van der Waals surface area contributed by atoms with Gasteiger partial charge in [-0.1, -0.05) is 37.3 Å². The number of halogens is 1. The van der Waals surface area contributed by atoms with Crippen molar-refractivity contribution in [2.75, 3.05) is 13.2 Å². The Labute approximate surface area is 193 Å². The lowest BCUT2D eigenvalue weighted by molar-refractivity contribution is 0.0950. The fraction of sp³-hybridized carbons (Fsp3) is 0.240. The van der Waals surface area contributed by atoms with Gasteiger partial charge >= 0.3 is 0 Å². The van der Waals surface area contributed by atoms with Crippen molar-refractivity contribution in [1.82, 2.24) is 9.62 Å². The maximum Gasteiger partial charge on any atom is 0.251 e. The molecule has 0 spiro atoms. The van der Waals surface area contributed by atoms with Crippen LogP contribution in [-0.2, 0) is 29.5 Å². The second kappa shape index (κ2) is 9.72. The highest BCUT2D eigenvalue weighted by Crippen LogP contribution is 2.28. The Hall–Kier alpha value is -3.23. The van der Waals surface area contributed by atoms with Crippen molar-refractivity contribution in [1.29, 1.82) is 0 Å². The number of nitrogens with zero attached hydrogens (tertiary/aromatic N) is 1. The minimum absolute atomic E-state index is 0.0490. The highest BCUT2D eigenvalue weighted by Gasteiger charge is 2.28. The fourth-order valence-electron chi connectivity index (χ4n) is 3.68. The number of aryl methyl sites for hydroxylation is 1. The van der Waals surface area contributed by atoms with Crippen molar-refractivity contribution >= 4 is 15.9 Å². The van der Waals surface area contributed by atoms with Gasteiger partial charge in [-0.15, -0.1) is 0 Å². The number of benzene rings is 3. The first-order valence-corrected chi connectivity index (χ1v) is 12.2. The summed E-state index contributed by atoms with van der Waals surface area (Å²) in [6, 6.07) is 18.0. The first-order valence-electron chi connectivity index (χ1n) is 10.7. The predicted molar refractivity (Wildman–Crippen MR) is 123 cm³/mol. The summed E-state index contributed by atoms with van der Waals surface area (Å²) in [4.78, 5) is 12.9. The lowest BCUT2D eigenvalue weighted by atomic mass is 10.1. The van der Waals surface area contributed by atoms with Crippen LogP contribution in [0.15, 0.2) is 71.6 Å². The summed E-state index contributed by atoms with van der Waals surface area (Å²) in [6.45, 7) is 2.55. The molecule has 3 aromatic rings. The normalized spacial score (nSPS) is 14.1. The molecule has 1 aliphatic rings.